The number of ether oxygens (including phenoxy) is 1. The molecule has 0 bridgehead atoms. The Labute approximate surface area is 196 Å². The quantitative estimate of drug-likeness (QED) is 0.488. The van der Waals surface area contributed by atoms with Gasteiger partial charge in [0, 0.05) is 26.0 Å². The Hall–Kier alpha value is -1.56. The highest BCUT2D eigenvalue weighted by Gasteiger charge is 2.19. The van der Waals surface area contributed by atoms with E-state index in [4.69, 9.17) is 27.9 Å². The van der Waals surface area contributed by atoms with Gasteiger partial charge in [0.2, 0.25) is 0 Å². The van der Waals surface area contributed by atoms with Crippen LogP contribution in [0, 0.1) is 5.92 Å². The normalized spacial score (nSPS) is 19.5. The van der Waals surface area contributed by atoms with Crippen LogP contribution < -0.4 is 10.6 Å². The third-order valence-corrected chi connectivity index (χ3v) is 6.03. The predicted molar refractivity (Wildman–Crippen MR) is 130 cm³/mol. The molecule has 3 rings (SSSR count). The van der Waals surface area contributed by atoms with E-state index in [9.17, 15) is 4.79 Å². The molecule has 1 amide bonds. The average molecular weight is 468 g/mol. The Morgan fingerprint density at radius 2 is 1.97 bits per heavy atom. The summed E-state index contributed by atoms with van der Waals surface area (Å²) in [5, 5.41) is 6.90. The van der Waals surface area contributed by atoms with Crippen LogP contribution in [-0.4, -0.2) is 36.0 Å². The first kappa shape index (κ1) is 25.7. The fraction of sp³-hybridized carbons (Fsp3) is 0.583. The van der Waals surface area contributed by atoms with E-state index in [2.05, 4.69) is 29.5 Å². The first-order chi connectivity index (χ1) is 14.9. The lowest BCUT2D eigenvalue weighted by Crippen LogP contribution is -2.32. The van der Waals surface area contributed by atoms with Gasteiger partial charge in [-0.2, -0.15) is 0 Å². The van der Waals surface area contributed by atoms with Crippen molar-refractivity contribution in [3.8, 4) is 0 Å². The molecule has 0 spiro atoms. The monoisotopic (exact) mass is 467 g/mol. The van der Waals surface area contributed by atoms with Crippen LogP contribution in [0.15, 0.2) is 35.1 Å². The van der Waals surface area contributed by atoms with Crippen LogP contribution in [0.5, 0.6) is 0 Å². The molecule has 172 valence electrons. The number of hydrogen-bond acceptors (Lipinski definition) is 4. The second-order valence-corrected chi connectivity index (χ2v) is 8.90. The Balaban J connectivity index is 0.00000166. The van der Waals surface area contributed by atoms with Crippen LogP contribution in [0.3, 0.4) is 0 Å². The fourth-order valence-corrected chi connectivity index (χ4v) is 4.02. The number of alkyl halides is 1. The number of allylic oxidation sites excluding steroid dienone is 3. The number of halogens is 2. The van der Waals surface area contributed by atoms with Crippen molar-refractivity contribution in [2.45, 2.75) is 64.7 Å². The van der Waals surface area contributed by atoms with Gasteiger partial charge >= 0.3 is 0 Å². The molecule has 1 unspecified atom stereocenters. The van der Waals surface area contributed by atoms with Gasteiger partial charge in [-0.15, -0.1) is 11.6 Å². The molecule has 31 heavy (non-hydrogen) atoms. The lowest BCUT2D eigenvalue weighted by molar-refractivity contribution is 0.0642. The van der Waals surface area contributed by atoms with Gasteiger partial charge in [0.1, 0.15) is 5.82 Å². The van der Waals surface area contributed by atoms with Crippen LogP contribution in [0.2, 0.25) is 0 Å². The second-order valence-electron chi connectivity index (χ2n) is 7.93. The summed E-state index contributed by atoms with van der Waals surface area (Å²) in [7, 11) is 0. The zero-order valence-corrected chi connectivity index (χ0v) is 20.5. The molecule has 1 atom stereocenters. The van der Waals surface area contributed by atoms with E-state index < -0.39 is 0 Å². The van der Waals surface area contributed by atoms with E-state index in [1.54, 1.807) is 6.20 Å². The van der Waals surface area contributed by atoms with Crippen LogP contribution >= 0.6 is 23.2 Å². The largest absolute Gasteiger partial charge is 0.381 e. The molecule has 0 saturated carbocycles. The molecule has 7 heteroatoms. The van der Waals surface area contributed by atoms with Crippen molar-refractivity contribution >= 4 is 34.9 Å². The molecule has 2 N–H and O–H groups in total. The van der Waals surface area contributed by atoms with Crippen LogP contribution in [0.4, 0.5) is 5.82 Å². The highest BCUT2D eigenvalue weighted by atomic mass is 35.5. The zero-order valence-electron chi connectivity index (χ0n) is 19.0. The molecule has 0 radical (unpaired) electrons. The third-order valence-electron chi connectivity index (χ3n) is 5.33. The Bertz CT molecular complexity index is 787. The lowest BCUT2D eigenvalue weighted by Gasteiger charge is -2.22. The SMILES string of the molecule is CC.CC(C)c1cc(NC2=CC(Cl)CCC=C2Cl)ncc1C(=O)NCC1CCOCC1. The number of carbonyl (C=O) groups excluding carboxylic acids is 1. The average Bonchev–Trinajstić information content (AvgIpc) is 2.94. The Kier molecular flexibility index (Phi) is 10.9. The minimum absolute atomic E-state index is 0.0772. The molecule has 1 aromatic heterocycles. The molecule has 1 aliphatic carbocycles. The van der Waals surface area contributed by atoms with Crippen LogP contribution in [0.25, 0.3) is 0 Å². The number of carbonyl (C=O) groups is 1. The van der Waals surface area contributed by atoms with Crippen molar-refractivity contribution in [1.82, 2.24) is 10.3 Å². The Morgan fingerprint density at radius 3 is 2.65 bits per heavy atom. The number of pyridine rings is 1. The van der Waals surface area contributed by atoms with Gasteiger partial charge in [0.15, 0.2) is 0 Å². The van der Waals surface area contributed by atoms with E-state index in [1.165, 1.54) is 0 Å². The van der Waals surface area contributed by atoms with Crippen molar-refractivity contribution in [1.29, 1.82) is 0 Å². The number of amides is 1. The minimum Gasteiger partial charge on any atom is -0.381 e. The molecular weight excluding hydrogens is 433 g/mol. The zero-order chi connectivity index (χ0) is 22.8. The van der Waals surface area contributed by atoms with Gasteiger partial charge in [0.05, 0.1) is 21.7 Å². The number of aromatic nitrogens is 1. The molecule has 1 fully saturated rings. The van der Waals surface area contributed by atoms with Gasteiger partial charge in [0.25, 0.3) is 5.91 Å². The van der Waals surface area contributed by atoms with Crippen molar-refractivity contribution in [2.75, 3.05) is 25.1 Å². The van der Waals surface area contributed by atoms with Gasteiger partial charge < -0.3 is 15.4 Å². The van der Waals surface area contributed by atoms with Gasteiger partial charge in [-0.3, -0.25) is 4.79 Å². The minimum atomic E-state index is -0.0789. The van der Waals surface area contributed by atoms with Crippen LogP contribution in [-0.2, 0) is 4.74 Å². The van der Waals surface area contributed by atoms with E-state index >= 15 is 0 Å². The summed E-state index contributed by atoms with van der Waals surface area (Å²) >= 11 is 12.7. The lowest BCUT2D eigenvalue weighted by atomic mass is 9.97. The summed E-state index contributed by atoms with van der Waals surface area (Å²) in [5.41, 5.74) is 2.32. The number of hydrogen-bond donors (Lipinski definition) is 2. The maximum Gasteiger partial charge on any atom is 0.253 e. The number of nitrogens with zero attached hydrogens (tertiary/aromatic N) is 1. The molecule has 1 aromatic rings. The molecule has 5 nitrogen and oxygen atoms in total. The summed E-state index contributed by atoms with van der Waals surface area (Å²) in [4.78, 5) is 17.3. The van der Waals surface area contributed by atoms with Gasteiger partial charge in [-0.05, 0) is 55.2 Å². The van der Waals surface area contributed by atoms with Crippen LogP contribution in [0.1, 0.15) is 75.2 Å². The first-order valence-electron chi connectivity index (χ1n) is 11.3. The highest BCUT2D eigenvalue weighted by Crippen LogP contribution is 2.27. The first-order valence-corrected chi connectivity index (χ1v) is 12.1. The highest BCUT2D eigenvalue weighted by molar-refractivity contribution is 6.32. The second kappa shape index (κ2) is 13.1. The van der Waals surface area contributed by atoms with E-state index in [-0.39, 0.29) is 17.2 Å². The molecule has 1 aliphatic heterocycles. The summed E-state index contributed by atoms with van der Waals surface area (Å²) in [5.74, 6) is 1.23. The summed E-state index contributed by atoms with van der Waals surface area (Å²) < 4.78 is 5.38. The third kappa shape index (κ3) is 7.81. The maximum absolute atomic E-state index is 12.8. The van der Waals surface area contributed by atoms with Crippen molar-refractivity contribution in [3.05, 3.63) is 46.3 Å². The van der Waals surface area contributed by atoms with E-state index in [1.807, 2.05) is 32.1 Å². The number of anilines is 1. The number of nitrogens with one attached hydrogen (secondary N) is 2. The summed E-state index contributed by atoms with van der Waals surface area (Å²) in [6.07, 6.45) is 9.19. The van der Waals surface area contributed by atoms with Gasteiger partial charge in [-0.25, -0.2) is 4.98 Å². The van der Waals surface area contributed by atoms with E-state index in [0.717, 1.165) is 50.2 Å². The molecule has 0 aromatic carbocycles. The topological polar surface area (TPSA) is 63.2 Å². The van der Waals surface area contributed by atoms with E-state index in [0.29, 0.717) is 28.9 Å². The smallest absolute Gasteiger partial charge is 0.253 e. The van der Waals surface area contributed by atoms with Crippen molar-refractivity contribution in [2.24, 2.45) is 5.92 Å². The van der Waals surface area contributed by atoms with Crippen molar-refractivity contribution < 1.29 is 9.53 Å². The summed E-state index contributed by atoms with van der Waals surface area (Å²) in [6.45, 7) is 10.4. The molecule has 1 saturated heterocycles. The molecule has 2 aliphatic rings. The number of rotatable bonds is 6. The Morgan fingerprint density at radius 1 is 1.26 bits per heavy atom. The standard InChI is InChI=1S/C22H29Cl2N3O2.C2H6/c1-14(2)17-11-21(27-20-10-16(23)4-3-5-19(20)24)25-13-18(17)22(28)26-12-15-6-8-29-9-7-15;1-2/h5,10-11,13-16H,3-4,6-9,12H2,1-2H3,(H,25,27)(H,26,28);1-2H3. The fourth-order valence-electron chi connectivity index (χ4n) is 3.55. The molecule has 2 heterocycles. The van der Waals surface area contributed by atoms with Gasteiger partial charge in [-0.1, -0.05) is 45.4 Å². The summed E-state index contributed by atoms with van der Waals surface area (Å²) in [6, 6.07) is 1.92. The predicted octanol–water partition coefficient (Wildman–Crippen LogP) is 6.21. The maximum atomic E-state index is 12.8. The van der Waals surface area contributed by atoms with Crippen molar-refractivity contribution in [3.63, 3.8) is 0 Å². The molecular formula is C24H35Cl2N3O2.